The van der Waals surface area contributed by atoms with E-state index in [2.05, 4.69) is 0 Å². The lowest BCUT2D eigenvalue weighted by Gasteiger charge is -2.35. The van der Waals surface area contributed by atoms with E-state index in [1.807, 2.05) is 0 Å². The average molecular weight is 156 g/mol. The number of hydrogen-bond donors (Lipinski definition) is 1. The Morgan fingerprint density at radius 3 is 2.09 bits per heavy atom. The fourth-order valence-corrected chi connectivity index (χ4v) is 1.48. The Hall–Kier alpha value is -0.860. The molecular weight excluding hydrogens is 144 g/mol. The Kier molecular flexibility index (Phi) is 1.98. The molecule has 0 aromatic heterocycles. The standard InChI is InChI=1S/C8H12O3/c1-2-6(9)8(7(10)11)4-3-5-8/h2-5H2,1H3,(H,10,11). The summed E-state index contributed by atoms with van der Waals surface area (Å²) in [6.45, 7) is 1.71. The van der Waals surface area contributed by atoms with Crippen molar-refractivity contribution in [3.8, 4) is 0 Å². The van der Waals surface area contributed by atoms with E-state index >= 15 is 0 Å². The summed E-state index contributed by atoms with van der Waals surface area (Å²) < 4.78 is 0. The third kappa shape index (κ3) is 1.04. The fourth-order valence-electron chi connectivity index (χ4n) is 1.48. The summed E-state index contributed by atoms with van der Waals surface area (Å²) in [7, 11) is 0. The lowest BCUT2D eigenvalue weighted by Crippen LogP contribution is -2.44. The molecular formula is C8H12O3. The van der Waals surface area contributed by atoms with Crippen LogP contribution in [0.3, 0.4) is 0 Å². The lowest BCUT2D eigenvalue weighted by molar-refractivity contribution is -0.160. The van der Waals surface area contributed by atoms with Crippen molar-refractivity contribution >= 4 is 11.8 Å². The number of carboxylic acid groups (broad SMARTS) is 1. The van der Waals surface area contributed by atoms with Crippen molar-refractivity contribution < 1.29 is 14.7 Å². The number of aliphatic carboxylic acids is 1. The molecule has 0 aliphatic heterocycles. The van der Waals surface area contributed by atoms with Crippen molar-refractivity contribution in [2.45, 2.75) is 32.6 Å². The summed E-state index contributed by atoms with van der Waals surface area (Å²) in [5, 5.41) is 8.76. The largest absolute Gasteiger partial charge is 0.480 e. The third-order valence-electron chi connectivity index (χ3n) is 2.47. The molecule has 0 aromatic rings. The van der Waals surface area contributed by atoms with Crippen LogP contribution in [-0.4, -0.2) is 16.9 Å². The Morgan fingerprint density at radius 1 is 1.45 bits per heavy atom. The second kappa shape index (κ2) is 2.64. The maximum Gasteiger partial charge on any atom is 0.317 e. The van der Waals surface area contributed by atoms with E-state index in [0.717, 1.165) is 6.42 Å². The number of ketones is 1. The quantitative estimate of drug-likeness (QED) is 0.625. The van der Waals surface area contributed by atoms with Crippen LogP contribution in [0.25, 0.3) is 0 Å². The SMILES string of the molecule is CCC(=O)C1(C(=O)O)CCC1. The predicted molar refractivity (Wildman–Crippen MR) is 39.2 cm³/mol. The number of carboxylic acids is 1. The molecule has 0 heterocycles. The van der Waals surface area contributed by atoms with Crippen LogP contribution >= 0.6 is 0 Å². The zero-order chi connectivity index (χ0) is 8.48. The molecule has 0 amide bonds. The fraction of sp³-hybridized carbons (Fsp3) is 0.750. The van der Waals surface area contributed by atoms with Gasteiger partial charge in [-0.3, -0.25) is 9.59 Å². The minimum Gasteiger partial charge on any atom is -0.480 e. The Labute approximate surface area is 65.4 Å². The minimum absolute atomic E-state index is 0.115. The van der Waals surface area contributed by atoms with Crippen molar-refractivity contribution in [1.82, 2.24) is 0 Å². The highest BCUT2D eigenvalue weighted by atomic mass is 16.4. The topological polar surface area (TPSA) is 54.4 Å². The average Bonchev–Trinajstić information content (AvgIpc) is 1.84. The molecule has 0 saturated heterocycles. The van der Waals surface area contributed by atoms with Crippen molar-refractivity contribution in [3.05, 3.63) is 0 Å². The van der Waals surface area contributed by atoms with E-state index in [4.69, 9.17) is 5.11 Å². The number of carbonyl (C=O) groups excluding carboxylic acids is 1. The van der Waals surface area contributed by atoms with Crippen LogP contribution in [0, 0.1) is 5.41 Å². The molecule has 0 unspecified atom stereocenters. The summed E-state index contributed by atoms with van der Waals surface area (Å²) in [6, 6.07) is 0. The van der Waals surface area contributed by atoms with Crippen LogP contribution < -0.4 is 0 Å². The van der Waals surface area contributed by atoms with Crippen LogP contribution in [0.4, 0.5) is 0 Å². The molecule has 0 spiro atoms. The van der Waals surface area contributed by atoms with E-state index in [0.29, 0.717) is 19.3 Å². The molecule has 1 fully saturated rings. The first-order valence-corrected chi connectivity index (χ1v) is 3.90. The number of carbonyl (C=O) groups is 2. The molecule has 1 N–H and O–H groups in total. The van der Waals surface area contributed by atoms with Crippen LogP contribution in [0.2, 0.25) is 0 Å². The van der Waals surface area contributed by atoms with E-state index in [1.165, 1.54) is 0 Å². The Bertz CT molecular complexity index is 192. The van der Waals surface area contributed by atoms with Gasteiger partial charge in [-0.05, 0) is 12.8 Å². The first kappa shape index (κ1) is 8.24. The van der Waals surface area contributed by atoms with Gasteiger partial charge in [0.05, 0.1) is 0 Å². The molecule has 62 valence electrons. The van der Waals surface area contributed by atoms with Gasteiger partial charge in [-0.1, -0.05) is 13.3 Å². The van der Waals surface area contributed by atoms with E-state index in [-0.39, 0.29) is 5.78 Å². The summed E-state index contributed by atoms with van der Waals surface area (Å²) >= 11 is 0. The van der Waals surface area contributed by atoms with Crippen LogP contribution in [0.5, 0.6) is 0 Å². The van der Waals surface area contributed by atoms with E-state index < -0.39 is 11.4 Å². The molecule has 3 nitrogen and oxygen atoms in total. The summed E-state index contributed by atoms with van der Waals surface area (Å²) in [5.41, 5.74) is -0.991. The van der Waals surface area contributed by atoms with Gasteiger partial charge >= 0.3 is 5.97 Å². The van der Waals surface area contributed by atoms with E-state index in [9.17, 15) is 9.59 Å². The molecule has 0 atom stereocenters. The summed E-state index contributed by atoms with van der Waals surface area (Å²) in [6.07, 6.45) is 2.29. The van der Waals surface area contributed by atoms with E-state index in [1.54, 1.807) is 6.92 Å². The van der Waals surface area contributed by atoms with Gasteiger partial charge in [-0.15, -0.1) is 0 Å². The van der Waals surface area contributed by atoms with Gasteiger partial charge in [0, 0.05) is 6.42 Å². The summed E-state index contributed by atoms with van der Waals surface area (Å²) in [4.78, 5) is 21.9. The third-order valence-corrected chi connectivity index (χ3v) is 2.47. The van der Waals surface area contributed by atoms with Gasteiger partial charge in [0.2, 0.25) is 0 Å². The van der Waals surface area contributed by atoms with Gasteiger partial charge in [0.1, 0.15) is 11.2 Å². The first-order valence-electron chi connectivity index (χ1n) is 3.90. The van der Waals surface area contributed by atoms with Crippen molar-refractivity contribution in [3.63, 3.8) is 0 Å². The molecule has 0 radical (unpaired) electrons. The van der Waals surface area contributed by atoms with Crippen molar-refractivity contribution in [1.29, 1.82) is 0 Å². The molecule has 3 heteroatoms. The molecule has 1 aliphatic rings. The van der Waals surface area contributed by atoms with Gasteiger partial charge in [-0.25, -0.2) is 0 Å². The zero-order valence-electron chi connectivity index (χ0n) is 6.59. The minimum atomic E-state index is -0.991. The Balaban J connectivity index is 2.75. The van der Waals surface area contributed by atoms with Crippen LogP contribution in [-0.2, 0) is 9.59 Å². The maximum absolute atomic E-state index is 11.2. The van der Waals surface area contributed by atoms with Gasteiger partial charge in [-0.2, -0.15) is 0 Å². The van der Waals surface area contributed by atoms with Gasteiger partial charge in [0.15, 0.2) is 0 Å². The lowest BCUT2D eigenvalue weighted by atomic mass is 9.65. The van der Waals surface area contributed by atoms with Gasteiger partial charge < -0.3 is 5.11 Å². The molecule has 0 bridgehead atoms. The number of hydrogen-bond acceptors (Lipinski definition) is 2. The highest BCUT2D eigenvalue weighted by molar-refractivity contribution is 6.03. The van der Waals surface area contributed by atoms with Crippen molar-refractivity contribution in [2.24, 2.45) is 5.41 Å². The second-order valence-corrected chi connectivity index (χ2v) is 3.02. The molecule has 0 aromatic carbocycles. The normalized spacial score (nSPS) is 20.5. The highest BCUT2D eigenvalue weighted by Crippen LogP contribution is 2.42. The number of rotatable bonds is 3. The molecule has 1 aliphatic carbocycles. The maximum atomic E-state index is 11.2. The molecule has 11 heavy (non-hydrogen) atoms. The molecule has 1 rings (SSSR count). The van der Waals surface area contributed by atoms with Crippen LogP contribution in [0.15, 0.2) is 0 Å². The molecule has 1 saturated carbocycles. The van der Waals surface area contributed by atoms with Crippen molar-refractivity contribution in [2.75, 3.05) is 0 Å². The summed E-state index contributed by atoms with van der Waals surface area (Å²) in [5.74, 6) is -1.05. The van der Waals surface area contributed by atoms with Crippen LogP contribution in [0.1, 0.15) is 32.6 Å². The smallest absolute Gasteiger partial charge is 0.317 e. The van der Waals surface area contributed by atoms with Gasteiger partial charge in [0.25, 0.3) is 0 Å². The highest BCUT2D eigenvalue weighted by Gasteiger charge is 2.49. The number of Topliss-reactive ketones (excluding diaryl/α,β-unsaturated/α-hetero) is 1. The Morgan fingerprint density at radius 2 is 2.00 bits per heavy atom. The monoisotopic (exact) mass is 156 g/mol. The first-order chi connectivity index (χ1) is 5.13. The predicted octanol–water partition coefficient (Wildman–Crippen LogP) is 1.22. The zero-order valence-corrected chi connectivity index (χ0v) is 6.59. The second-order valence-electron chi connectivity index (χ2n) is 3.02.